The van der Waals surface area contributed by atoms with Gasteiger partial charge in [-0.05, 0) is 35.9 Å². The van der Waals surface area contributed by atoms with Crippen molar-refractivity contribution in [1.82, 2.24) is 9.97 Å². The van der Waals surface area contributed by atoms with Crippen molar-refractivity contribution in [2.45, 2.75) is 11.4 Å². The second kappa shape index (κ2) is 7.73. The number of ether oxygens (including phenoxy) is 2. The van der Waals surface area contributed by atoms with E-state index in [0.29, 0.717) is 31.3 Å². The van der Waals surface area contributed by atoms with Crippen molar-refractivity contribution < 1.29 is 17.9 Å². The van der Waals surface area contributed by atoms with E-state index >= 15 is 0 Å². The summed E-state index contributed by atoms with van der Waals surface area (Å²) in [5, 5.41) is 3.21. The van der Waals surface area contributed by atoms with Gasteiger partial charge in [0.1, 0.15) is 19.0 Å². The molecule has 0 fully saturated rings. The van der Waals surface area contributed by atoms with Crippen molar-refractivity contribution in [3.63, 3.8) is 0 Å². The van der Waals surface area contributed by atoms with Gasteiger partial charge in [0.2, 0.25) is 0 Å². The van der Waals surface area contributed by atoms with Gasteiger partial charge in [-0.15, -0.1) is 0 Å². The zero-order chi connectivity index (χ0) is 19.4. The molecule has 9 heteroatoms. The van der Waals surface area contributed by atoms with E-state index in [1.54, 1.807) is 36.8 Å². The summed E-state index contributed by atoms with van der Waals surface area (Å²) in [5.74, 6) is 1.17. The smallest absolute Gasteiger partial charge is 0.263 e. The normalized spacial score (nSPS) is 13.0. The van der Waals surface area contributed by atoms with Gasteiger partial charge < -0.3 is 14.8 Å². The number of fused-ring (bicyclic) bond motifs is 1. The zero-order valence-corrected chi connectivity index (χ0v) is 15.6. The van der Waals surface area contributed by atoms with Crippen molar-refractivity contribution in [2.75, 3.05) is 23.3 Å². The number of nitrogens with one attached hydrogen (secondary N) is 2. The number of rotatable bonds is 6. The number of hydrogen-bond acceptors (Lipinski definition) is 7. The van der Waals surface area contributed by atoms with Crippen LogP contribution >= 0.6 is 0 Å². The molecule has 1 aliphatic rings. The molecule has 0 unspecified atom stereocenters. The third-order valence-electron chi connectivity index (χ3n) is 4.05. The van der Waals surface area contributed by atoms with E-state index in [9.17, 15) is 8.42 Å². The predicted octanol–water partition coefficient (Wildman–Crippen LogP) is 2.66. The van der Waals surface area contributed by atoms with Crippen molar-refractivity contribution in [2.24, 2.45) is 0 Å². The van der Waals surface area contributed by atoms with Gasteiger partial charge in [-0.3, -0.25) is 9.71 Å². The van der Waals surface area contributed by atoms with Crippen LogP contribution in [0.4, 0.5) is 11.5 Å². The average molecular weight is 398 g/mol. The number of pyridine rings is 2. The molecule has 8 nitrogen and oxygen atoms in total. The van der Waals surface area contributed by atoms with Gasteiger partial charge in [0, 0.05) is 25.0 Å². The Labute approximate surface area is 162 Å². The number of aromatic nitrogens is 2. The Morgan fingerprint density at radius 2 is 1.86 bits per heavy atom. The summed E-state index contributed by atoms with van der Waals surface area (Å²) in [6.45, 7) is 1.43. The fourth-order valence-electron chi connectivity index (χ4n) is 2.65. The molecule has 0 saturated heterocycles. The lowest BCUT2D eigenvalue weighted by atomic mass is 10.3. The van der Waals surface area contributed by atoms with E-state index in [0.717, 1.165) is 11.3 Å². The Balaban J connectivity index is 1.43. The summed E-state index contributed by atoms with van der Waals surface area (Å²) >= 11 is 0. The number of benzene rings is 1. The first-order chi connectivity index (χ1) is 13.6. The van der Waals surface area contributed by atoms with E-state index in [2.05, 4.69) is 20.0 Å². The molecule has 0 amide bonds. The molecular formula is C19H18N4O4S. The highest BCUT2D eigenvalue weighted by molar-refractivity contribution is 7.92. The van der Waals surface area contributed by atoms with Crippen molar-refractivity contribution >= 4 is 21.5 Å². The fraction of sp³-hybridized carbons (Fsp3) is 0.158. The monoisotopic (exact) mass is 398 g/mol. The van der Waals surface area contributed by atoms with Crippen molar-refractivity contribution in [3.8, 4) is 11.5 Å². The second-order valence-electron chi connectivity index (χ2n) is 6.06. The van der Waals surface area contributed by atoms with Gasteiger partial charge in [0.15, 0.2) is 11.5 Å². The molecule has 2 N–H and O–H groups in total. The van der Waals surface area contributed by atoms with Crippen LogP contribution < -0.4 is 19.5 Å². The minimum absolute atomic E-state index is 0.0809. The Morgan fingerprint density at radius 1 is 1.00 bits per heavy atom. The SMILES string of the molecule is O=S(=O)(Nc1ccc(NCc2cccnc2)cn1)c1ccc2c(c1)OCCO2. The van der Waals surface area contributed by atoms with Crippen LogP contribution in [-0.2, 0) is 16.6 Å². The van der Waals surface area contributed by atoms with Crippen LogP contribution in [0.2, 0.25) is 0 Å². The quantitative estimate of drug-likeness (QED) is 0.658. The van der Waals surface area contributed by atoms with Crippen LogP contribution in [-0.4, -0.2) is 31.6 Å². The zero-order valence-electron chi connectivity index (χ0n) is 14.8. The van der Waals surface area contributed by atoms with E-state index in [4.69, 9.17) is 9.47 Å². The predicted molar refractivity (Wildman–Crippen MR) is 104 cm³/mol. The number of nitrogens with zero attached hydrogens (tertiary/aromatic N) is 2. The average Bonchev–Trinajstić information content (AvgIpc) is 2.73. The lowest BCUT2D eigenvalue weighted by Crippen LogP contribution is -2.17. The minimum Gasteiger partial charge on any atom is -0.486 e. The lowest BCUT2D eigenvalue weighted by molar-refractivity contribution is 0.171. The van der Waals surface area contributed by atoms with E-state index in [1.165, 1.54) is 12.1 Å². The van der Waals surface area contributed by atoms with Gasteiger partial charge in [-0.25, -0.2) is 13.4 Å². The molecule has 2 aromatic heterocycles. The van der Waals surface area contributed by atoms with Crippen LogP contribution in [0, 0.1) is 0 Å². The van der Waals surface area contributed by atoms with Gasteiger partial charge in [-0.2, -0.15) is 0 Å². The third-order valence-corrected chi connectivity index (χ3v) is 5.40. The van der Waals surface area contributed by atoms with Crippen molar-refractivity contribution in [3.05, 3.63) is 66.6 Å². The fourth-order valence-corrected chi connectivity index (χ4v) is 3.68. The topological polar surface area (TPSA) is 102 Å². The highest BCUT2D eigenvalue weighted by Crippen LogP contribution is 2.32. The van der Waals surface area contributed by atoms with Crippen LogP contribution in [0.5, 0.6) is 11.5 Å². The first-order valence-electron chi connectivity index (χ1n) is 8.61. The molecule has 0 radical (unpaired) electrons. The maximum Gasteiger partial charge on any atom is 0.263 e. The molecule has 1 aliphatic heterocycles. The van der Waals surface area contributed by atoms with E-state index in [1.807, 2.05) is 12.1 Å². The number of hydrogen-bond donors (Lipinski definition) is 2. The van der Waals surface area contributed by atoms with Crippen LogP contribution in [0.25, 0.3) is 0 Å². The lowest BCUT2D eigenvalue weighted by Gasteiger charge is -2.19. The van der Waals surface area contributed by atoms with Crippen LogP contribution in [0.1, 0.15) is 5.56 Å². The molecule has 0 aliphatic carbocycles. The maximum absolute atomic E-state index is 12.6. The third kappa shape index (κ3) is 4.15. The molecule has 0 atom stereocenters. The summed E-state index contributed by atoms with van der Waals surface area (Å²) in [4.78, 5) is 8.30. The molecule has 4 rings (SSSR count). The molecular weight excluding hydrogens is 380 g/mol. The van der Waals surface area contributed by atoms with Gasteiger partial charge in [0.25, 0.3) is 10.0 Å². The summed E-state index contributed by atoms with van der Waals surface area (Å²) in [5.41, 5.74) is 1.80. The van der Waals surface area contributed by atoms with Gasteiger partial charge in [-0.1, -0.05) is 6.07 Å². The van der Waals surface area contributed by atoms with Crippen LogP contribution in [0.3, 0.4) is 0 Å². The molecule has 144 valence electrons. The summed E-state index contributed by atoms with van der Waals surface area (Å²) in [6.07, 6.45) is 5.06. The molecule has 1 aromatic carbocycles. The minimum atomic E-state index is -3.79. The van der Waals surface area contributed by atoms with Crippen molar-refractivity contribution in [1.29, 1.82) is 0 Å². The Hall–Kier alpha value is -3.33. The highest BCUT2D eigenvalue weighted by atomic mass is 32.2. The Bertz CT molecular complexity index is 1060. The molecule has 28 heavy (non-hydrogen) atoms. The first-order valence-corrected chi connectivity index (χ1v) is 10.1. The molecule has 3 heterocycles. The van der Waals surface area contributed by atoms with Crippen LogP contribution in [0.15, 0.2) is 66.0 Å². The van der Waals surface area contributed by atoms with E-state index in [-0.39, 0.29) is 10.7 Å². The number of sulfonamides is 1. The molecule has 0 bridgehead atoms. The standard InChI is InChI=1S/C19H18N4O4S/c24-28(25,16-4-5-17-18(10-16)27-9-8-26-17)23-19-6-3-15(13-22-19)21-12-14-2-1-7-20-11-14/h1-7,10-11,13,21H,8-9,12H2,(H,22,23). The van der Waals surface area contributed by atoms with E-state index < -0.39 is 10.0 Å². The summed E-state index contributed by atoms with van der Waals surface area (Å²) in [7, 11) is -3.79. The van der Waals surface area contributed by atoms with Gasteiger partial charge >= 0.3 is 0 Å². The number of anilines is 2. The summed E-state index contributed by atoms with van der Waals surface area (Å²) < 4.78 is 38.6. The first kappa shape index (κ1) is 18.1. The Morgan fingerprint density at radius 3 is 2.61 bits per heavy atom. The Kier molecular flexibility index (Phi) is 4.98. The van der Waals surface area contributed by atoms with Gasteiger partial charge in [0.05, 0.1) is 16.8 Å². The molecule has 0 spiro atoms. The summed E-state index contributed by atoms with van der Waals surface area (Å²) in [6, 6.07) is 11.7. The molecule has 0 saturated carbocycles. The molecule has 3 aromatic rings. The highest BCUT2D eigenvalue weighted by Gasteiger charge is 2.19. The largest absolute Gasteiger partial charge is 0.486 e. The maximum atomic E-state index is 12.6. The second-order valence-corrected chi connectivity index (χ2v) is 7.74.